The summed E-state index contributed by atoms with van der Waals surface area (Å²) in [5.74, 6) is 0.680. The molecule has 110 valence electrons. The molecule has 0 radical (unpaired) electrons. The number of fused-ring (bicyclic) bond motifs is 4. The Hall–Kier alpha value is -1.64. The Labute approximate surface area is 124 Å². The number of carbonyl (C=O) groups excluding carboxylic acids is 2. The third-order valence-electron chi connectivity index (χ3n) is 6.09. The Morgan fingerprint density at radius 1 is 1.24 bits per heavy atom. The molecule has 21 heavy (non-hydrogen) atoms. The minimum atomic E-state index is -0.379. The minimum Gasteiger partial charge on any atom is -0.427 e. The smallest absolute Gasteiger partial charge is 0.340 e. The molecule has 0 amide bonds. The van der Waals surface area contributed by atoms with Gasteiger partial charge in [-0.05, 0) is 55.2 Å². The van der Waals surface area contributed by atoms with Crippen LogP contribution in [0, 0.1) is 16.7 Å². The topological polar surface area (TPSA) is 43.4 Å². The monoisotopic (exact) mass is 284 g/mol. The summed E-state index contributed by atoms with van der Waals surface area (Å²) < 4.78 is 5.74. The van der Waals surface area contributed by atoms with Crippen molar-refractivity contribution in [1.29, 1.82) is 0 Å². The Bertz CT molecular complexity index is 651. The first kappa shape index (κ1) is 13.1. The Balaban J connectivity index is 1.88. The molecule has 1 saturated heterocycles. The Kier molecular flexibility index (Phi) is 2.46. The van der Waals surface area contributed by atoms with Crippen LogP contribution >= 0.6 is 0 Å². The van der Waals surface area contributed by atoms with Crippen molar-refractivity contribution in [3.8, 4) is 0 Å². The zero-order chi connectivity index (χ0) is 14.8. The normalized spacial score (nSPS) is 41.2. The number of ether oxygens (including phenoxy) is 1. The number of carbonyl (C=O) groups is 2. The van der Waals surface area contributed by atoms with Gasteiger partial charge in [0.05, 0.1) is 5.57 Å². The van der Waals surface area contributed by atoms with Crippen LogP contribution < -0.4 is 0 Å². The van der Waals surface area contributed by atoms with Gasteiger partial charge in [-0.2, -0.15) is 0 Å². The zero-order valence-electron chi connectivity index (χ0n) is 12.6. The van der Waals surface area contributed by atoms with Gasteiger partial charge in [-0.1, -0.05) is 19.9 Å². The van der Waals surface area contributed by atoms with Crippen LogP contribution in [0.4, 0.5) is 0 Å². The van der Waals surface area contributed by atoms with Crippen molar-refractivity contribution >= 4 is 11.8 Å². The lowest BCUT2D eigenvalue weighted by molar-refractivity contribution is -0.142. The molecule has 0 spiro atoms. The SMILES string of the molecule is CC12CCCC1=C1OC(=O)C3=CC(=O)C=CC3(C)C1CC2. The summed E-state index contributed by atoms with van der Waals surface area (Å²) in [7, 11) is 0. The van der Waals surface area contributed by atoms with Crippen molar-refractivity contribution < 1.29 is 14.3 Å². The molecular formula is C18H20O3. The summed E-state index contributed by atoms with van der Waals surface area (Å²) in [5.41, 5.74) is 1.73. The van der Waals surface area contributed by atoms with Crippen molar-refractivity contribution in [3.63, 3.8) is 0 Å². The first-order chi connectivity index (χ1) is 9.94. The molecular weight excluding hydrogens is 264 g/mol. The number of hydrogen-bond acceptors (Lipinski definition) is 3. The van der Waals surface area contributed by atoms with Gasteiger partial charge < -0.3 is 4.74 Å². The van der Waals surface area contributed by atoms with Crippen LogP contribution in [0.3, 0.4) is 0 Å². The average Bonchev–Trinajstić information content (AvgIpc) is 2.83. The number of ketones is 1. The Morgan fingerprint density at radius 3 is 2.86 bits per heavy atom. The van der Waals surface area contributed by atoms with Crippen molar-refractivity contribution in [2.75, 3.05) is 0 Å². The molecule has 1 aliphatic heterocycles. The zero-order valence-corrected chi connectivity index (χ0v) is 12.6. The van der Waals surface area contributed by atoms with Gasteiger partial charge in [0.1, 0.15) is 5.76 Å². The summed E-state index contributed by atoms with van der Waals surface area (Å²) in [6, 6.07) is 0. The van der Waals surface area contributed by atoms with E-state index < -0.39 is 0 Å². The number of hydrogen-bond donors (Lipinski definition) is 0. The van der Waals surface area contributed by atoms with Crippen molar-refractivity contribution in [2.45, 2.75) is 46.0 Å². The van der Waals surface area contributed by atoms with Gasteiger partial charge >= 0.3 is 5.97 Å². The molecule has 0 aromatic carbocycles. The van der Waals surface area contributed by atoms with E-state index in [2.05, 4.69) is 13.8 Å². The summed E-state index contributed by atoms with van der Waals surface area (Å²) in [5, 5.41) is 0. The maximum absolute atomic E-state index is 12.4. The third-order valence-corrected chi connectivity index (χ3v) is 6.09. The van der Waals surface area contributed by atoms with E-state index in [0.29, 0.717) is 5.57 Å². The molecule has 2 fully saturated rings. The lowest BCUT2D eigenvalue weighted by atomic mass is 9.59. The highest BCUT2D eigenvalue weighted by Gasteiger charge is 2.54. The molecule has 1 heterocycles. The lowest BCUT2D eigenvalue weighted by Gasteiger charge is -2.48. The van der Waals surface area contributed by atoms with Gasteiger partial charge in [-0.3, -0.25) is 4.79 Å². The van der Waals surface area contributed by atoms with Gasteiger partial charge in [0.25, 0.3) is 0 Å². The highest BCUT2D eigenvalue weighted by molar-refractivity contribution is 6.08. The van der Waals surface area contributed by atoms with Gasteiger partial charge in [0.15, 0.2) is 5.78 Å². The van der Waals surface area contributed by atoms with Crippen LogP contribution in [-0.2, 0) is 14.3 Å². The molecule has 1 saturated carbocycles. The van der Waals surface area contributed by atoms with E-state index in [4.69, 9.17) is 4.74 Å². The van der Waals surface area contributed by atoms with Gasteiger partial charge in [0.2, 0.25) is 0 Å². The van der Waals surface area contributed by atoms with Gasteiger partial charge in [0, 0.05) is 11.3 Å². The molecule has 3 heteroatoms. The highest BCUT2D eigenvalue weighted by Crippen LogP contribution is 2.60. The first-order valence-electron chi connectivity index (χ1n) is 7.85. The molecule has 3 atom stereocenters. The molecule has 4 rings (SSSR count). The summed E-state index contributed by atoms with van der Waals surface area (Å²) >= 11 is 0. The molecule has 0 aromatic heterocycles. The van der Waals surface area contributed by atoms with Crippen molar-refractivity contribution in [3.05, 3.63) is 35.1 Å². The molecule has 3 aliphatic carbocycles. The average molecular weight is 284 g/mol. The van der Waals surface area contributed by atoms with E-state index in [0.717, 1.165) is 25.0 Å². The molecule has 3 unspecified atom stereocenters. The molecule has 4 aliphatic rings. The van der Waals surface area contributed by atoms with Crippen LogP contribution in [0.1, 0.15) is 46.0 Å². The number of esters is 1. The summed E-state index contributed by atoms with van der Waals surface area (Å²) in [4.78, 5) is 24.0. The van der Waals surface area contributed by atoms with Crippen molar-refractivity contribution in [2.24, 2.45) is 16.7 Å². The number of rotatable bonds is 0. The quantitative estimate of drug-likeness (QED) is 0.640. The summed E-state index contributed by atoms with van der Waals surface area (Å²) in [6.07, 6.45) is 10.6. The van der Waals surface area contributed by atoms with Crippen LogP contribution in [0.25, 0.3) is 0 Å². The maximum atomic E-state index is 12.4. The largest absolute Gasteiger partial charge is 0.427 e. The minimum absolute atomic E-state index is 0.114. The third kappa shape index (κ3) is 1.60. The van der Waals surface area contributed by atoms with E-state index in [1.807, 2.05) is 6.08 Å². The molecule has 0 N–H and O–H groups in total. The van der Waals surface area contributed by atoms with Crippen LogP contribution in [0.5, 0.6) is 0 Å². The van der Waals surface area contributed by atoms with E-state index in [9.17, 15) is 9.59 Å². The second kappa shape index (κ2) is 3.96. The second-order valence-electron chi connectivity index (χ2n) is 7.31. The van der Waals surface area contributed by atoms with E-state index >= 15 is 0 Å². The van der Waals surface area contributed by atoms with Crippen LogP contribution in [-0.4, -0.2) is 11.8 Å². The maximum Gasteiger partial charge on any atom is 0.340 e. The molecule has 0 aromatic rings. The predicted molar refractivity (Wildman–Crippen MR) is 78.1 cm³/mol. The van der Waals surface area contributed by atoms with Crippen LogP contribution in [0.2, 0.25) is 0 Å². The van der Waals surface area contributed by atoms with E-state index in [1.165, 1.54) is 24.5 Å². The second-order valence-corrected chi connectivity index (χ2v) is 7.31. The Morgan fingerprint density at radius 2 is 2.05 bits per heavy atom. The highest BCUT2D eigenvalue weighted by atomic mass is 16.5. The lowest BCUT2D eigenvalue weighted by Crippen LogP contribution is -2.44. The fourth-order valence-electron chi connectivity index (χ4n) is 4.74. The van der Waals surface area contributed by atoms with E-state index in [1.54, 1.807) is 6.08 Å². The van der Waals surface area contributed by atoms with Gasteiger partial charge in [-0.25, -0.2) is 4.79 Å². The van der Waals surface area contributed by atoms with Crippen LogP contribution in [0.15, 0.2) is 35.1 Å². The fraction of sp³-hybridized carbons (Fsp3) is 0.556. The number of allylic oxidation sites excluding steroid dienone is 5. The standard InChI is InChI=1S/C18H20O3/c1-17-7-3-4-12(17)15-13(6-8-17)18(2)9-5-11(19)10-14(18)16(20)21-15/h5,9-10,13H,3-4,6-8H2,1-2H3. The predicted octanol–water partition coefficient (Wildman–Crippen LogP) is 3.47. The van der Waals surface area contributed by atoms with E-state index in [-0.39, 0.29) is 28.5 Å². The van der Waals surface area contributed by atoms with Gasteiger partial charge in [-0.15, -0.1) is 0 Å². The summed E-state index contributed by atoms with van der Waals surface area (Å²) in [6.45, 7) is 4.38. The molecule has 3 nitrogen and oxygen atoms in total. The fourth-order valence-corrected chi connectivity index (χ4v) is 4.74. The van der Waals surface area contributed by atoms with Crippen molar-refractivity contribution in [1.82, 2.24) is 0 Å². The first-order valence-corrected chi connectivity index (χ1v) is 7.85. The molecule has 0 bridgehead atoms.